The molecule has 1 aliphatic heterocycles. The van der Waals surface area contributed by atoms with E-state index in [9.17, 15) is 4.79 Å². The highest BCUT2D eigenvalue weighted by molar-refractivity contribution is 5.94. The largest absolute Gasteiger partial charge is 0.469 e. The molecular formula is C21H30N4O2. The first-order chi connectivity index (χ1) is 13.1. The summed E-state index contributed by atoms with van der Waals surface area (Å²) in [5, 5.41) is 3.26. The summed E-state index contributed by atoms with van der Waals surface area (Å²) in [4.78, 5) is 21.7. The van der Waals surface area contributed by atoms with Crippen molar-refractivity contribution in [3.05, 3.63) is 48.0 Å². The molecule has 0 unspecified atom stereocenters. The molecule has 0 spiro atoms. The minimum Gasteiger partial charge on any atom is -0.469 e. The second-order valence-corrected chi connectivity index (χ2v) is 7.33. The number of hydrogen-bond acceptors (Lipinski definition) is 5. The van der Waals surface area contributed by atoms with Crippen molar-refractivity contribution >= 4 is 11.7 Å². The van der Waals surface area contributed by atoms with Gasteiger partial charge in [0.2, 0.25) is 0 Å². The Balaban J connectivity index is 1.54. The summed E-state index contributed by atoms with van der Waals surface area (Å²) in [6, 6.07) is 8.52. The van der Waals surface area contributed by atoms with E-state index in [-0.39, 0.29) is 5.91 Å². The van der Waals surface area contributed by atoms with Crippen LogP contribution < -0.4 is 5.32 Å². The molecule has 0 aromatic carbocycles. The van der Waals surface area contributed by atoms with Gasteiger partial charge in [0.15, 0.2) is 0 Å². The second-order valence-electron chi connectivity index (χ2n) is 7.33. The Bertz CT molecular complexity index is 712. The molecule has 6 heteroatoms. The van der Waals surface area contributed by atoms with Gasteiger partial charge in [-0.15, -0.1) is 0 Å². The predicted molar refractivity (Wildman–Crippen MR) is 107 cm³/mol. The molecule has 3 rings (SSSR count). The number of anilines is 1. The summed E-state index contributed by atoms with van der Waals surface area (Å²) in [5.41, 5.74) is 0.652. The molecule has 6 nitrogen and oxygen atoms in total. The van der Waals surface area contributed by atoms with Crippen LogP contribution in [0.15, 0.2) is 41.1 Å². The van der Waals surface area contributed by atoms with Crippen molar-refractivity contribution in [2.45, 2.75) is 45.7 Å². The lowest BCUT2D eigenvalue weighted by molar-refractivity contribution is 0.0371. The molecule has 0 saturated carbocycles. The van der Waals surface area contributed by atoms with Crippen molar-refractivity contribution in [2.75, 3.05) is 31.5 Å². The van der Waals surface area contributed by atoms with Crippen LogP contribution in [0.4, 0.5) is 5.82 Å². The number of nitrogens with zero attached hydrogens (tertiary/aromatic N) is 3. The number of rotatable bonds is 7. The average Bonchev–Trinajstić information content (AvgIpc) is 3.21. The van der Waals surface area contributed by atoms with Gasteiger partial charge in [0.05, 0.1) is 11.8 Å². The maximum atomic E-state index is 12.9. The number of hydrogen-bond donors (Lipinski definition) is 1. The van der Waals surface area contributed by atoms with Crippen LogP contribution in [-0.2, 0) is 6.42 Å². The van der Waals surface area contributed by atoms with Crippen molar-refractivity contribution in [3.63, 3.8) is 0 Å². The molecule has 0 bridgehead atoms. The van der Waals surface area contributed by atoms with E-state index in [0.717, 1.165) is 50.6 Å². The van der Waals surface area contributed by atoms with E-state index in [2.05, 4.69) is 36.0 Å². The molecular weight excluding hydrogens is 340 g/mol. The lowest BCUT2D eigenvalue weighted by atomic mass is 10.1. The lowest BCUT2D eigenvalue weighted by Gasteiger charge is -2.43. The van der Waals surface area contributed by atoms with E-state index in [0.29, 0.717) is 17.6 Å². The van der Waals surface area contributed by atoms with Gasteiger partial charge in [0.1, 0.15) is 11.6 Å². The molecule has 1 atom stereocenters. The molecule has 1 aliphatic rings. The molecule has 2 aromatic rings. The first-order valence-electron chi connectivity index (χ1n) is 9.85. The van der Waals surface area contributed by atoms with E-state index in [1.54, 1.807) is 12.5 Å². The first-order valence-corrected chi connectivity index (χ1v) is 9.85. The molecule has 1 saturated heterocycles. The normalized spacial score (nSPS) is 18.1. The third-order valence-corrected chi connectivity index (χ3v) is 5.22. The fraction of sp³-hybridized carbons (Fsp3) is 0.524. The number of carbonyl (C=O) groups excluding carboxylic acids is 1. The molecule has 27 heavy (non-hydrogen) atoms. The van der Waals surface area contributed by atoms with E-state index < -0.39 is 0 Å². The summed E-state index contributed by atoms with van der Waals surface area (Å²) in [7, 11) is 0. The van der Waals surface area contributed by atoms with Crippen LogP contribution in [0.2, 0.25) is 0 Å². The standard InChI is InChI=1S/C21H30N4O2/c1-4-18-15-24(11-12-25(18)16(2)3)21(26)17-7-8-20(23-14-17)22-10-9-19-6-5-13-27-19/h5-8,13-14,16,18H,4,9-12,15H2,1-3H3,(H,22,23)/t18-/m0/s1. The quantitative estimate of drug-likeness (QED) is 0.810. The first kappa shape index (κ1) is 19.4. The Morgan fingerprint density at radius 2 is 2.19 bits per heavy atom. The summed E-state index contributed by atoms with van der Waals surface area (Å²) in [6.45, 7) is 9.88. The van der Waals surface area contributed by atoms with Crippen LogP contribution in [-0.4, -0.2) is 59.0 Å². The monoisotopic (exact) mass is 370 g/mol. The molecule has 1 N–H and O–H groups in total. The number of piperazine rings is 1. The molecule has 3 heterocycles. The van der Waals surface area contributed by atoms with Gasteiger partial charge in [0, 0.05) is 50.9 Å². The van der Waals surface area contributed by atoms with Crippen LogP contribution in [0, 0.1) is 0 Å². The number of amides is 1. The third-order valence-electron chi connectivity index (χ3n) is 5.22. The number of furan rings is 1. The second kappa shape index (κ2) is 9.04. The van der Waals surface area contributed by atoms with E-state index in [4.69, 9.17) is 4.42 Å². The Hall–Kier alpha value is -2.34. The number of nitrogens with one attached hydrogen (secondary N) is 1. The van der Waals surface area contributed by atoms with Gasteiger partial charge in [0.25, 0.3) is 5.91 Å². The number of pyridine rings is 1. The zero-order chi connectivity index (χ0) is 19.2. The number of carbonyl (C=O) groups is 1. The Morgan fingerprint density at radius 3 is 2.81 bits per heavy atom. The van der Waals surface area contributed by atoms with Crippen molar-refractivity contribution in [2.24, 2.45) is 0 Å². The summed E-state index contributed by atoms with van der Waals surface area (Å²) in [6.07, 6.45) is 5.21. The number of aromatic nitrogens is 1. The predicted octanol–water partition coefficient (Wildman–Crippen LogP) is 3.27. The van der Waals surface area contributed by atoms with Crippen LogP contribution >= 0.6 is 0 Å². The minimum absolute atomic E-state index is 0.0755. The van der Waals surface area contributed by atoms with Crippen LogP contribution in [0.1, 0.15) is 43.3 Å². The van der Waals surface area contributed by atoms with Crippen molar-refractivity contribution < 1.29 is 9.21 Å². The molecule has 1 amide bonds. The zero-order valence-corrected chi connectivity index (χ0v) is 16.5. The third kappa shape index (κ3) is 4.89. The van der Waals surface area contributed by atoms with Gasteiger partial charge in [-0.2, -0.15) is 0 Å². The lowest BCUT2D eigenvalue weighted by Crippen LogP contribution is -2.56. The SMILES string of the molecule is CC[C@H]1CN(C(=O)c2ccc(NCCc3ccco3)nc2)CCN1C(C)C. The maximum absolute atomic E-state index is 12.9. The van der Waals surface area contributed by atoms with Gasteiger partial charge in [-0.1, -0.05) is 6.92 Å². The average molecular weight is 370 g/mol. The molecule has 0 radical (unpaired) electrons. The van der Waals surface area contributed by atoms with Gasteiger partial charge >= 0.3 is 0 Å². The summed E-state index contributed by atoms with van der Waals surface area (Å²) >= 11 is 0. The Labute approximate surface area is 161 Å². The maximum Gasteiger partial charge on any atom is 0.255 e. The topological polar surface area (TPSA) is 61.6 Å². The van der Waals surface area contributed by atoms with Gasteiger partial charge in [-0.05, 0) is 44.5 Å². The van der Waals surface area contributed by atoms with Crippen LogP contribution in [0.5, 0.6) is 0 Å². The van der Waals surface area contributed by atoms with E-state index >= 15 is 0 Å². The van der Waals surface area contributed by atoms with Gasteiger partial charge in [-0.25, -0.2) is 4.98 Å². The van der Waals surface area contributed by atoms with Gasteiger partial charge in [-0.3, -0.25) is 9.69 Å². The Kier molecular flexibility index (Phi) is 6.50. The summed E-state index contributed by atoms with van der Waals surface area (Å²) in [5.74, 6) is 1.79. The van der Waals surface area contributed by atoms with Crippen molar-refractivity contribution in [3.8, 4) is 0 Å². The van der Waals surface area contributed by atoms with Crippen LogP contribution in [0.3, 0.4) is 0 Å². The van der Waals surface area contributed by atoms with E-state index in [1.165, 1.54) is 0 Å². The molecule has 1 fully saturated rings. The zero-order valence-electron chi connectivity index (χ0n) is 16.5. The van der Waals surface area contributed by atoms with Gasteiger partial charge < -0.3 is 14.6 Å². The van der Waals surface area contributed by atoms with Crippen molar-refractivity contribution in [1.29, 1.82) is 0 Å². The smallest absolute Gasteiger partial charge is 0.255 e. The van der Waals surface area contributed by atoms with Crippen molar-refractivity contribution in [1.82, 2.24) is 14.8 Å². The molecule has 2 aromatic heterocycles. The summed E-state index contributed by atoms with van der Waals surface area (Å²) < 4.78 is 5.32. The van der Waals surface area contributed by atoms with Crippen LogP contribution in [0.25, 0.3) is 0 Å². The van der Waals surface area contributed by atoms with E-state index in [1.807, 2.05) is 29.2 Å². The highest BCUT2D eigenvalue weighted by Gasteiger charge is 2.30. The highest BCUT2D eigenvalue weighted by Crippen LogP contribution is 2.18. The molecule has 0 aliphatic carbocycles. The fourth-order valence-electron chi connectivity index (χ4n) is 3.67. The highest BCUT2D eigenvalue weighted by atomic mass is 16.3. The minimum atomic E-state index is 0.0755. The fourth-order valence-corrected chi connectivity index (χ4v) is 3.67. The molecule has 146 valence electrons. The Morgan fingerprint density at radius 1 is 1.33 bits per heavy atom.